The monoisotopic (exact) mass is 220 g/mol. The molecule has 15 heavy (non-hydrogen) atoms. The van der Waals surface area contributed by atoms with Crippen LogP contribution >= 0.6 is 11.3 Å². The predicted molar refractivity (Wildman–Crippen MR) is 60.5 cm³/mol. The molecule has 0 aliphatic carbocycles. The maximum absolute atomic E-state index is 5.72. The number of rotatable bonds is 2. The quantitative estimate of drug-likeness (QED) is 0.839. The molecule has 0 saturated heterocycles. The second-order valence-corrected chi connectivity index (χ2v) is 4.43. The van der Waals surface area contributed by atoms with Crippen molar-refractivity contribution in [3.05, 3.63) is 29.0 Å². The van der Waals surface area contributed by atoms with Gasteiger partial charge >= 0.3 is 0 Å². The van der Waals surface area contributed by atoms with Gasteiger partial charge in [-0.1, -0.05) is 11.3 Å². The van der Waals surface area contributed by atoms with Crippen LogP contribution in [0.25, 0.3) is 10.6 Å². The van der Waals surface area contributed by atoms with Crippen molar-refractivity contribution < 1.29 is 0 Å². The average molecular weight is 220 g/mol. The Morgan fingerprint density at radius 2 is 2.13 bits per heavy atom. The number of hydrogen-bond acceptors (Lipinski definition) is 5. The molecule has 78 valence electrons. The molecule has 2 N–H and O–H groups in total. The van der Waals surface area contributed by atoms with Crippen molar-refractivity contribution in [1.29, 1.82) is 0 Å². The summed E-state index contributed by atoms with van der Waals surface area (Å²) in [6, 6.07) is 3.89. The fourth-order valence-electron chi connectivity index (χ4n) is 1.13. The van der Waals surface area contributed by atoms with E-state index >= 15 is 0 Å². The van der Waals surface area contributed by atoms with Crippen LogP contribution in [-0.2, 0) is 0 Å². The van der Waals surface area contributed by atoms with Crippen LogP contribution in [0.15, 0.2) is 18.3 Å². The molecule has 2 rings (SSSR count). The van der Waals surface area contributed by atoms with Gasteiger partial charge in [-0.15, -0.1) is 10.2 Å². The zero-order valence-electron chi connectivity index (χ0n) is 8.64. The minimum absolute atomic E-state index is 0.0605. The molecule has 0 saturated carbocycles. The highest BCUT2D eigenvalue weighted by molar-refractivity contribution is 7.14. The van der Waals surface area contributed by atoms with E-state index in [2.05, 4.69) is 15.2 Å². The maximum Gasteiger partial charge on any atom is 0.149 e. The van der Waals surface area contributed by atoms with Crippen LogP contribution in [-0.4, -0.2) is 15.2 Å². The lowest BCUT2D eigenvalue weighted by Gasteiger charge is -1.96. The first-order chi connectivity index (χ1) is 7.16. The van der Waals surface area contributed by atoms with Crippen LogP contribution in [0.3, 0.4) is 0 Å². The van der Waals surface area contributed by atoms with Crippen molar-refractivity contribution in [2.75, 3.05) is 0 Å². The van der Waals surface area contributed by atoms with Gasteiger partial charge in [0.15, 0.2) is 0 Å². The molecule has 0 spiro atoms. The summed E-state index contributed by atoms with van der Waals surface area (Å²) in [4.78, 5) is 4.22. The van der Waals surface area contributed by atoms with Crippen molar-refractivity contribution >= 4 is 11.3 Å². The molecule has 0 aromatic carbocycles. The topological polar surface area (TPSA) is 64.7 Å². The van der Waals surface area contributed by atoms with Gasteiger partial charge < -0.3 is 5.73 Å². The Bertz CT molecular complexity index is 447. The van der Waals surface area contributed by atoms with Crippen molar-refractivity contribution in [2.24, 2.45) is 5.73 Å². The number of pyridine rings is 1. The standard InChI is InChI=1S/C10H12N4S/c1-6-3-4-8(5-12-6)10-14-13-9(15-10)7(2)11/h3-5,7H,11H2,1-2H3. The van der Waals surface area contributed by atoms with E-state index in [-0.39, 0.29) is 6.04 Å². The van der Waals surface area contributed by atoms with E-state index in [1.54, 1.807) is 6.20 Å². The predicted octanol–water partition coefficient (Wildman–Crippen LogP) is 1.93. The zero-order chi connectivity index (χ0) is 10.8. The normalized spacial score (nSPS) is 12.7. The van der Waals surface area contributed by atoms with Crippen LogP contribution < -0.4 is 5.73 Å². The van der Waals surface area contributed by atoms with Crippen LogP contribution in [0.1, 0.15) is 23.7 Å². The first-order valence-electron chi connectivity index (χ1n) is 4.69. The van der Waals surface area contributed by atoms with Gasteiger partial charge in [0.05, 0.1) is 6.04 Å². The van der Waals surface area contributed by atoms with E-state index in [1.807, 2.05) is 26.0 Å². The van der Waals surface area contributed by atoms with Gasteiger partial charge in [0.25, 0.3) is 0 Å². The number of nitrogens with zero attached hydrogens (tertiary/aromatic N) is 3. The highest BCUT2D eigenvalue weighted by atomic mass is 32.1. The van der Waals surface area contributed by atoms with Crippen molar-refractivity contribution in [3.63, 3.8) is 0 Å². The van der Waals surface area contributed by atoms with Gasteiger partial charge in [-0.3, -0.25) is 4.98 Å². The van der Waals surface area contributed by atoms with Gasteiger partial charge in [-0.05, 0) is 26.0 Å². The first-order valence-corrected chi connectivity index (χ1v) is 5.50. The van der Waals surface area contributed by atoms with E-state index in [0.717, 1.165) is 21.3 Å². The number of hydrogen-bond donors (Lipinski definition) is 1. The van der Waals surface area contributed by atoms with Crippen LogP contribution in [0.4, 0.5) is 0 Å². The highest BCUT2D eigenvalue weighted by Crippen LogP contribution is 2.25. The third kappa shape index (κ3) is 2.19. The van der Waals surface area contributed by atoms with Crippen molar-refractivity contribution in [2.45, 2.75) is 19.9 Å². The second-order valence-electron chi connectivity index (χ2n) is 3.42. The lowest BCUT2D eigenvalue weighted by molar-refractivity contribution is 0.786. The summed E-state index contributed by atoms with van der Waals surface area (Å²) in [7, 11) is 0. The number of aromatic nitrogens is 3. The lowest BCUT2D eigenvalue weighted by atomic mass is 10.3. The molecular weight excluding hydrogens is 208 g/mol. The molecule has 2 aromatic heterocycles. The van der Waals surface area contributed by atoms with Crippen LogP contribution in [0.5, 0.6) is 0 Å². The summed E-state index contributed by atoms with van der Waals surface area (Å²) < 4.78 is 0. The summed E-state index contributed by atoms with van der Waals surface area (Å²) in [5, 5.41) is 9.84. The summed E-state index contributed by atoms with van der Waals surface area (Å²) in [6.07, 6.45) is 1.81. The first kappa shape index (κ1) is 10.2. The van der Waals surface area contributed by atoms with E-state index in [9.17, 15) is 0 Å². The number of aryl methyl sites for hydroxylation is 1. The van der Waals surface area contributed by atoms with Crippen molar-refractivity contribution in [1.82, 2.24) is 15.2 Å². The van der Waals surface area contributed by atoms with E-state index in [1.165, 1.54) is 11.3 Å². The summed E-state index contributed by atoms with van der Waals surface area (Å²) in [6.45, 7) is 3.86. The molecule has 0 aliphatic heterocycles. The molecule has 1 atom stereocenters. The maximum atomic E-state index is 5.72. The van der Waals surface area contributed by atoms with Gasteiger partial charge in [0.2, 0.25) is 0 Å². The molecule has 0 aliphatic rings. The molecule has 0 radical (unpaired) electrons. The van der Waals surface area contributed by atoms with Gasteiger partial charge in [0.1, 0.15) is 10.0 Å². The summed E-state index contributed by atoms with van der Waals surface area (Å²) in [5.74, 6) is 0. The Hall–Kier alpha value is -1.33. The van der Waals surface area contributed by atoms with E-state index < -0.39 is 0 Å². The third-order valence-electron chi connectivity index (χ3n) is 1.99. The fourth-order valence-corrected chi connectivity index (χ4v) is 1.92. The van der Waals surface area contributed by atoms with E-state index in [0.29, 0.717) is 0 Å². The summed E-state index contributed by atoms with van der Waals surface area (Å²) in [5.41, 5.74) is 7.71. The lowest BCUT2D eigenvalue weighted by Crippen LogP contribution is -2.03. The van der Waals surface area contributed by atoms with Gasteiger partial charge in [-0.25, -0.2) is 0 Å². The highest BCUT2D eigenvalue weighted by Gasteiger charge is 2.09. The second kappa shape index (κ2) is 4.04. The van der Waals surface area contributed by atoms with E-state index in [4.69, 9.17) is 5.73 Å². The smallest absolute Gasteiger partial charge is 0.149 e. The summed E-state index contributed by atoms with van der Waals surface area (Å²) >= 11 is 1.51. The molecule has 5 heteroatoms. The molecule has 2 heterocycles. The molecule has 0 amide bonds. The minimum Gasteiger partial charge on any atom is -0.322 e. The third-order valence-corrected chi connectivity index (χ3v) is 3.16. The Labute approximate surface area is 92.2 Å². The molecule has 2 aromatic rings. The Morgan fingerprint density at radius 1 is 1.33 bits per heavy atom. The molecule has 1 unspecified atom stereocenters. The SMILES string of the molecule is Cc1ccc(-c2nnc(C(C)N)s2)cn1. The van der Waals surface area contributed by atoms with Gasteiger partial charge in [-0.2, -0.15) is 0 Å². The Morgan fingerprint density at radius 3 is 2.67 bits per heavy atom. The molecule has 0 fully saturated rings. The minimum atomic E-state index is -0.0605. The number of nitrogens with two attached hydrogens (primary N) is 1. The fraction of sp³-hybridized carbons (Fsp3) is 0.300. The Balaban J connectivity index is 2.33. The van der Waals surface area contributed by atoms with Crippen molar-refractivity contribution in [3.8, 4) is 10.6 Å². The van der Waals surface area contributed by atoms with Crippen LogP contribution in [0.2, 0.25) is 0 Å². The van der Waals surface area contributed by atoms with Gasteiger partial charge in [0, 0.05) is 17.5 Å². The average Bonchev–Trinajstić information content (AvgIpc) is 2.68. The zero-order valence-corrected chi connectivity index (χ0v) is 9.45. The molecule has 0 bridgehead atoms. The molecular formula is C10H12N4S. The largest absolute Gasteiger partial charge is 0.322 e. The Kier molecular flexibility index (Phi) is 2.75. The van der Waals surface area contributed by atoms with Crippen LogP contribution in [0, 0.1) is 6.92 Å². The molecule has 4 nitrogen and oxygen atoms in total.